The molecule has 0 N–H and O–H groups in total. The summed E-state index contributed by atoms with van der Waals surface area (Å²) in [5.74, 6) is -1.96. The van der Waals surface area contributed by atoms with Crippen LogP contribution in [0, 0.1) is 5.82 Å². The molecule has 2 aromatic carbocycles. The number of ether oxygens (including phenoxy) is 5. The summed E-state index contributed by atoms with van der Waals surface area (Å²) in [5, 5.41) is 0. The van der Waals surface area contributed by atoms with Crippen molar-refractivity contribution >= 4 is 17.9 Å². The standard InChI is InChI=1S/C25H23FO8/c1-4-23(27)32-13-11-30-21-10-7-17(15-22(21)31-12-14-33-24(28)5-2)19-9-8-18(16-20(19)26)34-25(29)6-3/h4-10,15-16H,1-3,11-14H2. The summed E-state index contributed by atoms with van der Waals surface area (Å²) in [5.41, 5.74) is 0.662. The van der Waals surface area contributed by atoms with Crippen molar-refractivity contribution in [3.8, 4) is 28.4 Å². The Morgan fingerprint density at radius 2 is 1.32 bits per heavy atom. The summed E-state index contributed by atoms with van der Waals surface area (Å²) in [7, 11) is 0. The van der Waals surface area contributed by atoms with Gasteiger partial charge in [0.25, 0.3) is 0 Å². The molecule has 0 radical (unpaired) electrons. The Hall–Kier alpha value is -4.40. The van der Waals surface area contributed by atoms with Crippen molar-refractivity contribution in [2.75, 3.05) is 26.4 Å². The molecule has 0 fully saturated rings. The lowest BCUT2D eigenvalue weighted by Gasteiger charge is -2.15. The van der Waals surface area contributed by atoms with Gasteiger partial charge in [-0.3, -0.25) is 0 Å². The Balaban J connectivity index is 2.20. The molecule has 0 atom stereocenters. The van der Waals surface area contributed by atoms with Gasteiger partial charge in [0.1, 0.15) is 38.0 Å². The van der Waals surface area contributed by atoms with Crippen LogP contribution in [0.1, 0.15) is 0 Å². The Morgan fingerprint density at radius 3 is 1.88 bits per heavy atom. The fourth-order valence-corrected chi connectivity index (χ4v) is 2.56. The normalized spacial score (nSPS) is 9.91. The molecule has 0 saturated carbocycles. The molecule has 0 amide bonds. The van der Waals surface area contributed by atoms with Crippen LogP contribution in [0.5, 0.6) is 17.2 Å². The molecular formula is C25H23FO8. The van der Waals surface area contributed by atoms with Crippen molar-refractivity contribution in [2.45, 2.75) is 0 Å². The molecule has 34 heavy (non-hydrogen) atoms. The predicted octanol–water partition coefficient (Wildman–Crippen LogP) is 3.80. The van der Waals surface area contributed by atoms with Crippen LogP contribution in [-0.4, -0.2) is 44.3 Å². The first-order valence-electron chi connectivity index (χ1n) is 10.00. The summed E-state index contributed by atoms with van der Waals surface area (Å²) < 4.78 is 40.6. The van der Waals surface area contributed by atoms with Gasteiger partial charge in [0.05, 0.1) is 0 Å². The maximum atomic E-state index is 14.7. The van der Waals surface area contributed by atoms with E-state index >= 15 is 0 Å². The molecule has 8 nitrogen and oxygen atoms in total. The van der Waals surface area contributed by atoms with Crippen LogP contribution in [0.15, 0.2) is 74.4 Å². The van der Waals surface area contributed by atoms with E-state index in [2.05, 4.69) is 19.7 Å². The number of hydrogen-bond acceptors (Lipinski definition) is 8. The minimum absolute atomic E-state index is 0.0102. The second-order valence-electron chi connectivity index (χ2n) is 6.37. The van der Waals surface area contributed by atoms with Gasteiger partial charge >= 0.3 is 17.9 Å². The maximum Gasteiger partial charge on any atom is 0.335 e. The first-order chi connectivity index (χ1) is 16.4. The average Bonchev–Trinajstić information content (AvgIpc) is 2.84. The number of esters is 3. The van der Waals surface area contributed by atoms with E-state index in [9.17, 15) is 18.8 Å². The zero-order valence-corrected chi connectivity index (χ0v) is 18.3. The van der Waals surface area contributed by atoms with Crippen LogP contribution in [0.4, 0.5) is 4.39 Å². The fourth-order valence-electron chi connectivity index (χ4n) is 2.56. The molecule has 2 aromatic rings. The van der Waals surface area contributed by atoms with Crippen LogP contribution < -0.4 is 14.2 Å². The second kappa shape index (κ2) is 13.2. The van der Waals surface area contributed by atoms with E-state index in [4.69, 9.17) is 23.7 Å². The number of carbonyl (C=O) groups is 3. The zero-order chi connectivity index (χ0) is 24.9. The molecule has 0 heterocycles. The van der Waals surface area contributed by atoms with Gasteiger partial charge in [-0.15, -0.1) is 0 Å². The Labute approximate surface area is 195 Å². The number of halogens is 1. The lowest BCUT2D eigenvalue weighted by atomic mass is 10.0. The van der Waals surface area contributed by atoms with E-state index in [1.165, 1.54) is 18.2 Å². The highest BCUT2D eigenvalue weighted by molar-refractivity contribution is 5.83. The molecular weight excluding hydrogens is 447 g/mol. The third kappa shape index (κ3) is 7.94. The fraction of sp³-hybridized carbons (Fsp3) is 0.160. The summed E-state index contributed by atoms with van der Waals surface area (Å²) >= 11 is 0. The molecule has 0 aliphatic carbocycles. The van der Waals surface area contributed by atoms with Crippen LogP contribution in [-0.2, 0) is 23.9 Å². The highest BCUT2D eigenvalue weighted by Gasteiger charge is 2.13. The molecule has 0 spiro atoms. The van der Waals surface area contributed by atoms with Crippen LogP contribution in [0.2, 0.25) is 0 Å². The lowest BCUT2D eigenvalue weighted by molar-refractivity contribution is -0.139. The quantitative estimate of drug-likeness (QED) is 0.189. The average molecular weight is 470 g/mol. The first-order valence-corrected chi connectivity index (χ1v) is 10.00. The van der Waals surface area contributed by atoms with Crippen molar-refractivity contribution in [3.63, 3.8) is 0 Å². The highest BCUT2D eigenvalue weighted by Crippen LogP contribution is 2.35. The van der Waals surface area contributed by atoms with Crippen LogP contribution in [0.25, 0.3) is 11.1 Å². The van der Waals surface area contributed by atoms with Gasteiger partial charge in [-0.2, -0.15) is 0 Å². The number of rotatable bonds is 13. The van der Waals surface area contributed by atoms with E-state index in [1.807, 2.05) is 0 Å². The van der Waals surface area contributed by atoms with Gasteiger partial charge < -0.3 is 23.7 Å². The van der Waals surface area contributed by atoms with Gasteiger partial charge in [0.15, 0.2) is 11.5 Å². The van der Waals surface area contributed by atoms with Gasteiger partial charge in [-0.1, -0.05) is 25.8 Å². The molecule has 0 saturated heterocycles. The Kier molecular flexibility index (Phi) is 10.1. The van der Waals surface area contributed by atoms with Crippen LogP contribution in [0.3, 0.4) is 0 Å². The first kappa shape index (κ1) is 25.9. The largest absolute Gasteiger partial charge is 0.486 e. The molecule has 9 heteroatoms. The minimum Gasteiger partial charge on any atom is -0.486 e. The Morgan fingerprint density at radius 1 is 0.735 bits per heavy atom. The summed E-state index contributed by atoms with van der Waals surface area (Å²) in [6.45, 7) is 9.84. The summed E-state index contributed by atoms with van der Waals surface area (Å²) in [4.78, 5) is 33.6. The molecule has 0 aliphatic rings. The second-order valence-corrected chi connectivity index (χ2v) is 6.37. The van der Waals surface area contributed by atoms with Crippen molar-refractivity contribution < 1.29 is 42.5 Å². The maximum absolute atomic E-state index is 14.7. The van der Waals surface area contributed by atoms with E-state index in [1.54, 1.807) is 12.1 Å². The van der Waals surface area contributed by atoms with E-state index in [0.29, 0.717) is 11.3 Å². The van der Waals surface area contributed by atoms with E-state index in [0.717, 1.165) is 24.3 Å². The van der Waals surface area contributed by atoms with Gasteiger partial charge in [-0.05, 0) is 29.8 Å². The third-order valence-corrected chi connectivity index (χ3v) is 4.08. The SMILES string of the molecule is C=CC(=O)OCCOc1ccc(-c2ccc(OC(=O)C=C)cc2F)cc1OCCOC(=O)C=C. The van der Waals surface area contributed by atoms with Crippen molar-refractivity contribution in [3.05, 3.63) is 80.2 Å². The Bertz CT molecular complexity index is 1080. The topological polar surface area (TPSA) is 97.4 Å². The molecule has 0 aliphatic heterocycles. The van der Waals surface area contributed by atoms with Crippen LogP contribution >= 0.6 is 0 Å². The number of hydrogen-bond donors (Lipinski definition) is 0. The molecule has 0 bridgehead atoms. The minimum atomic E-state index is -0.708. The molecule has 2 rings (SSSR count). The molecule has 178 valence electrons. The van der Waals surface area contributed by atoms with Crippen molar-refractivity contribution in [1.82, 2.24) is 0 Å². The van der Waals surface area contributed by atoms with Crippen molar-refractivity contribution in [2.24, 2.45) is 0 Å². The number of carbonyl (C=O) groups excluding carboxylic acids is 3. The molecule has 0 unspecified atom stereocenters. The monoisotopic (exact) mass is 470 g/mol. The highest BCUT2D eigenvalue weighted by atomic mass is 19.1. The smallest absolute Gasteiger partial charge is 0.335 e. The van der Waals surface area contributed by atoms with Gasteiger partial charge in [0.2, 0.25) is 0 Å². The third-order valence-electron chi connectivity index (χ3n) is 4.08. The number of benzene rings is 2. The van der Waals surface area contributed by atoms with E-state index in [-0.39, 0.29) is 43.5 Å². The predicted molar refractivity (Wildman–Crippen MR) is 121 cm³/mol. The van der Waals surface area contributed by atoms with Gasteiger partial charge in [-0.25, -0.2) is 18.8 Å². The summed E-state index contributed by atoms with van der Waals surface area (Å²) in [6, 6.07) is 8.65. The molecule has 0 aromatic heterocycles. The van der Waals surface area contributed by atoms with Gasteiger partial charge in [0, 0.05) is 29.9 Å². The zero-order valence-electron chi connectivity index (χ0n) is 18.3. The van der Waals surface area contributed by atoms with Crippen molar-refractivity contribution in [1.29, 1.82) is 0 Å². The van der Waals surface area contributed by atoms with E-state index < -0.39 is 23.7 Å². The summed E-state index contributed by atoms with van der Waals surface area (Å²) in [6.07, 6.45) is 3.03. The lowest BCUT2D eigenvalue weighted by Crippen LogP contribution is -2.13.